The van der Waals surface area contributed by atoms with Crippen LogP contribution in [0.15, 0.2) is 24.3 Å². The van der Waals surface area contributed by atoms with Crippen LogP contribution in [-0.2, 0) is 4.79 Å². The Balaban J connectivity index is 1.95. The molecule has 6 nitrogen and oxygen atoms in total. The minimum absolute atomic E-state index is 0.129. The van der Waals surface area contributed by atoms with Gasteiger partial charge in [0.15, 0.2) is 18.1 Å². The highest BCUT2D eigenvalue weighted by Crippen LogP contribution is 2.28. The molecule has 1 N–H and O–H groups in total. The average Bonchev–Trinajstić information content (AvgIpc) is 3.02. The lowest BCUT2D eigenvalue weighted by molar-refractivity contribution is -0.118. The number of hydrogen-bond acceptors (Lipinski definition) is 6. The highest BCUT2D eigenvalue weighted by molar-refractivity contribution is 7.15. The first-order valence-corrected chi connectivity index (χ1v) is 8.42. The zero-order valence-electron chi connectivity index (χ0n) is 14.2. The molecule has 2 aromatic rings. The van der Waals surface area contributed by atoms with Crippen molar-refractivity contribution in [2.75, 3.05) is 19.0 Å². The standard InChI is InChI=1S/C17H21N3O3S/c1-5-6-12-7-8-13(14(9-12)22-4)23-10-15(21)18-17-20-19-16(24-17)11(2)3/h5-9,11H,10H2,1-4H3,(H,18,20,21)/b6-5+. The van der Waals surface area contributed by atoms with Gasteiger partial charge in [0.05, 0.1) is 7.11 Å². The highest BCUT2D eigenvalue weighted by Gasteiger charge is 2.12. The van der Waals surface area contributed by atoms with Crippen LogP contribution in [0, 0.1) is 0 Å². The van der Waals surface area contributed by atoms with Crippen molar-refractivity contribution in [2.24, 2.45) is 0 Å². The van der Waals surface area contributed by atoms with Crippen molar-refractivity contribution in [1.82, 2.24) is 10.2 Å². The van der Waals surface area contributed by atoms with Crippen LogP contribution in [0.4, 0.5) is 5.13 Å². The Bertz CT molecular complexity index is 726. The Hall–Kier alpha value is -2.41. The van der Waals surface area contributed by atoms with E-state index in [0.717, 1.165) is 10.6 Å². The topological polar surface area (TPSA) is 73.3 Å². The molecule has 0 atom stereocenters. The number of anilines is 1. The molecule has 7 heteroatoms. The summed E-state index contributed by atoms with van der Waals surface area (Å²) in [6, 6.07) is 5.53. The summed E-state index contributed by atoms with van der Waals surface area (Å²) in [6.45, 7) is 5.87. The predicted molar refractivity (Wildman–Crippen MR) is 95.8 cm³/mol. The van der Waals surface area contributed by atoms with Crippen molar-refractivity contribution < 1.29 is 14.3 Å². The Morgan fingerprint density at radius 3 is 2.75 bits per heavy atom. The molecule has 0 unspecified atom stereocenters. The average molecular weight is 347 g/mol. The molecule has 128 valence electrons. The number of rotatable bonds is 7. The smallest absolute Gasteiger partial charge is 0.264 e. The number of ether oxygens (including phenoxy) is 2. The van der Waals surface area contributed by atoms with Crippen LogP contribution in [-0.4, -0.2) is 29.8 Å². The van der Waals surface area contributed by atoms with Crippen molar-refractivity contribution in [3.63, 3.8) is 0 Å². The second kappa shape index (κ2) is 8.44. The van der Waals surface area contributed by atoms with E-state index in [4.69, 9.17) is 9.47 Å². The molecule has 0 aliphatic carbocycles. The Labute approximate surface area is 145 Å². The summed E-state index contributed by atoms with van der Waals surface area (Å²) in [7, 11) is 1.57. The molecule has 1 aromatic carbocycles. The minimum Gasteiger partial charge on any atom is -0.493 e. The second-order valence-corrected chi connectivity index (χ2v) is 6.36. The number of nitrogens with one attached hydrogen (secondary N) is 1. The number of methoxy groups -OCH3 is 1. The molecular weight excluding hydrogens is 326 g/mol. The molecule has 0 aliphatic heterocycles. The third-order valence-corrected chi connectivity index (χ3v) is 4.23. The molecule has 1 amide bonds. The van der Waals surface area contributed by atoms with E-state index in [2.05, 4.69) is 15.5 Å². The molecular formula is C17H21N3O3S. The molecule has 1 aromatic heterocycles. The van der Waals surface area contributed by atoms with E-state index < -0.39 is 0 Å². The van der Waals surface area contributed by atoms with Gasteiger partial charge in [-0.05, 0) is 24.6 Å². The van der Waals surface area contributed by atoms with Gasteiger partial charge in [-0.15, -0.1) is 10.2 Å². The van der Waals surface area contributed by atoms with Gasteiger partial charge in [0.25, 0.3) is 5.91 Å². The zero-order chi connectivity index (χ0) is 17.5. The predicted octanol–water partition coefficient (Wildman–Crippen LogP) is 3.72. The third-order valence-electron chi connectivity index (χ3n) is 3.09. The van der Waals surface area contributed by atoms with E-state index in [1.807, 2.05) is 45.1 Å². The molecule has 0 saturated heterocycles. The molecule has 2 rings (SSSR count). The van der Waals surface area contributed by atoms with Crippen LogP contribution in [0.25, 0.3) is 6.08 Å². The fraction of sp³-hybridized carbons (Fsp3) is 0.353. The van der Waals surface area contributed by atoms with Crippen LogP contribution in [0.2, 0.25) is 0 Å². The zero-order valence-corrected chi connectivity index (χ0v) is 15.0. The number of carbonyl (C=O) groups is 1. The van der Waals surface area contributed by atoms with Crippen molar-refractivity contribution in [3.05, 3.63) is 34.8 Å². The number of amides is 1. The highest BCUT2D eigenvalue weighted by atomic mass is 32.1. The molecule has 0 radical (unpaired) electrons. The van der Waals surface area contributed by atoms with Gasteiger partial charge in [-0.25, -0.2) is 0 Å². The number of benzene rings is 1. The van der Waals surface area contributed by atoms with E-state index >= 15 is 0 Å². The monoisotopic (exact) mass is 347 g/mol. The fourth-order valence-electron chi connectivity index (χ4n) is 1.92. The first-order chi connectivity index (χ1) is 11.5. The van der Waals surface area contributed by atoms with Gasteiger partial charge >= 0.3 is 0 Å². The number of hydrogen-bond donors (Lipinski definition) is 1. The van der Waals surface area contributed by atoms with Gasteiger partial charge in [0, 0.05) is 5.92 Å². The van der Waals surface area contributed by atoms with Crippen LogP contribution in [0.5, 0.6) is 11.5 Å². The maximum Gasteiger partial charge on any atom is 0.264 e. The van der Waals surface area contributed by atoms with Crippen molar-refractivity contribution in [1.29, 1.82) is 0 Å². The maximum absolute atomic E-state index is 12.0. The third kappa shape index (κ3) is 4.79. The first-order valence-electron chi connectivity index (χ1n) is 7.60. The number of aromatic nitrogens is 2. The van der Waals surface area contributed by atoms with Crippen LogP contribution in [0.3, 0.4) is 0 Å². The summed E-state index contributed by atoms with van der Waals surface area (Å²) in [4.78, 5) is 12.0. The van der Waals surface area contributed by atoms with E-state index in [9.17, 15) is 4.79 Å². The molecule has 0 spiro atoms. The Morgan fingerprint density at radius 1 is 1.33 bits per heavy atom. The van der Waals surface area contributed by atoms with Gasteiger partial charge in [0.1, 0.15) is 5.01 Å². The first kappa shape index (κ1) is 17.9. The Kier molecular flexibility index (Phi) is 6.31. The summed E-state index contributed by atoms with van der Waals surface area (Å²) < 4.78 is 10.8. The SMILES string of the molecule is C/C=C/c1ccc(OCC(=O)Nc2nnc(C(C)C)s2)c(OC)c1. The van der Waals surface area contributed by atoms with Gasteiger partial charge in [-0.3, -0.25) is 10.1 Å². The normalized spacial score (nSPS) is 11.0. The molecule has 0 fully saturated rings. The van der Waals surface area contributed by atoms with Crippen LogP contribution < -0.4 is 14.8 Å². The largest absolute Gasteiger partial charge is 0.493 e. The Morgan fingerprint density at radius 2 is 2.12 bits per heavy atom. The van der Waals surface area contributed by atoms with E-state index in [0.29, 0.717) is 16.6 Å². The number of nitrogens with zero attached hydrogens (tertiary/aromatic N) is 2. The maximum atomic E-state index is 12.0. The van der Waals surface area contributed by atoms with Gasteiger partial charge in [-0.2, -0.15) is 0 Å². The van der Waals surface area contributed by atoms with Gasteiger partial charge in [-0.1, -0.05) is 43.4 Å². The van der Waals surface area contributed by atoms with Gasteiger partial charge < -0.3 is 9.47 Å². The van der Waals surface area contributed by atoms with E-state index in [-0.39, 0.29) is 18.4 Å². The molecule has 0 saturated carbocycles. The summed E-state index contributed by atoms with van der Waals surface area (Å²) in [5.41, 5.74) is 1.00. The summed E-state index contributed by atoms with van der Waals surface area (Å²) >= 11 is 1.36. The van der Waals surface area contributed by atoms with Crippen LogP contribution >= 0.6 is 11.3 Å². The summed E-state index contributed by atoms with van der Waals surface area (Å²) in [5, 5.41) is 12.0. The number of allylic oxidation sites excluding steroid dienone is 1. The quantitative estimate of drug-likeness (QED) is 0.826. The van der Waals surface area contributed by atoms with E-state index in [1.54, 1.807) is 13.2 Å². The van der Waals surface area contributed by atoms with E-state index in [1.165, 1.54) is 11.3 Å². The summed E-state index contributed by atoms with van der Waals surface area (Å²) in [5.74, 6) is 1.09. The molecule has 0 aliphatic rings. The molecule has 24 heavy (non-hydrogen) atoms. The van der Waals surface area contributed by atoms with Crippen molar-refractivity contribution in [2.45, 2.75) is 26.7 Å². The number of carbonyl (C=O) groups excluding carboxylic acids is 1. The van der Waals surface area contributed by atoms with Crippen molar-refractivity contribution >= 4 is 28.5 Å². The lowest BCUT2D eigenvalue weighted by Gasteiger charge is -2.10. The lowest BCUT2D eigenvalue weighted by Crippen LogP contribution is -2.20. The van der Waals surface area contributed by atoms with Crippen LogP contribution in [0.1, 0.15) is 37.3 Å². The van der Waals surface area contributed by atoms with Gasteiger partial charge in [0.2, 0.25) is 5.13 Å². The second-order valence-electron chi connectivity index (χ2n) is 5.35. The molecule has 0 bridgehead atoms. The van der Waals surface area contributed by atoms with Crippen molar-refractivity contribution in [3.8, 4) is 11.5 Å². The summed E-state index contributed by atoms with van der Waals surface area (Å²) in [6.07, 6.45) is 3.90. The minimum atomic E-state index is -0.291. The lowest BCUT2D eigenvalue weighted by atomic mass is 10.2. The molecule has 1 heterocycles. The fourth-order valence-corrected chi connectivity index (χ4v) is 2.68.